The Kier molecular flexibility index (Phi) is 5.92. The molecular weight excluding hydrogens is 308 g/mol. The number of alkyl halides is 1. The Labute approximate surface area is 114 Å². The number of amides is 1. The molecule has 0 aromatic heterocycles. The number of hydrogen-bond donors (Lipinski definition) is 0. The second-order valence-corrected chi connectivity index (χ2v) is 4.76. The summed E-state index contributed by atoms with van der Waals surface area (Å²) in [5.74, 6) is -0.724. The molecule has 94 valence electrons. The van der Waals surface area contributed by atoms with E-state index < -0.39 is 5.82 Å². The maximum Gasteiger partial charge on any atom is 0.253 e. The molecule has 1 rings (SSSR count). The summed E-state index contributed by atoms with van der Waals surface area (Å²) in [5, 5.41) is 0.872. The molecular formula is C12H14BrClFNO. The minimum absolute atomic E-state index is 0.0325. The first-order valence-electron chi connectivity index (χ1n) is 5.40. The van der Waals surface area contributed by atoms with E-state index in [0.717, 1.165) is 11.8 Å². The first kappa shape index (κ1) is 14.5. The van der Waals surface area contributed by atoms with Crippen molar-refractivity contribution in [1.82, 2.24) is 4.90 Å². The quantitative estimate of drug-likeness (QED) is 0.757. The largest absolute Gasteiger partial charge is 0.339 e. The average Bonchev–Trinajstić information content (AvgIpc) is 2.33. The van der Waals surface area contributed by atoms with Crippen molar-refractivity contribution in [1.29, 1.82) is 0 Å². The fraction of sp³-hybridized carbons (Fsp3) is 0.417. The monoisotopic (exact) mass is 321 g/mol. The lowest BCUT2D eigenvalue weighted by atomic mass is 10.2. The van der Waals surface area contributed by atoms with E-state index >= 15 is 0 Å². The highest BCUT2D eigenvalue weighted by Gasteiger charge is 2.15. The molecule has 0 bridgehead atoms. The molecule has 0 atom stereocenters. The van der Waals surface area contributed by atoms with Crippen molar-refractivity contribution in [2.24, 2.45) is 0 Å². The van der Waals surface area contributed by atoms with Crippen LogP contribution in [0.5, 0.6) is 0 Å². The van der Waals surface area contributed by atoms with Gasteiger partial charge in [-0.25, -0.2) is 4.39 Å². The maximum absolute atomic E-state index is 13.2. The highest BCUT2D eigenvalue weighted by molar-refractivity contribution is 9.09. The van der Waals surface area contributed by atoms with Crippen molar-refractivity contribution in [2.75, 3.05) is 18.4 Å². The van der Waals surface area contributed by atoms with Gasteiger partial charge in [0.2, 0.25) is 0 Å². The van der Waals surface area contributed by atoms with Gasteiger partial charge in [0.25, 0.3) is 5.91 Å². The van der Waals surface area contributed by atoms with Gasteiger partial charge in [0.15, 0.2) is 0 Å². The van der Waals surface area contributed by atoms with Crippen LogP contribution in [0.25, 0.3) is 0 Å². The molecule has 0 saturated carbocycles. The number of nitrogens with zero attached hydrogens (tertiary/aromatic N) is 1. The molecule has 0 aliphatic rings. The Morgan fingerprint density at radius 1 is 1.53 bits per heavy atom. The van der Waals surface area contributed by atoms with E-state index in [1.165, 1.54) is 12.1 Å². The molecule has 0 spiro atoms. The lowest BCUT2D eigenvalue weighted by molar-refractivity contribution is 0.0764. The van der Waals surface area contributed by atoms with Crippen molar-refractivity contribution in [2.45, 2.75) is 13.3 Å². The smallest absolute Gasteiger partial charge is 0.253 e. The van der Waals surface area contributed by atoms with E-state index in [2.05, 4.69) is 15.9 Å². The minimum Gasteiger partial charge on any atom is -0.339 e. The van der Waals surface area contributed by atoms with Gasteiger partial charge < -0.3 is 4.90 Å². The third-order valence-corrected chi connectivity index (χ3v) is 3.26. The lowest BCUT2D eigenvalue weighted by Gasteiger charge is -2.20. The minimum atomic E-state index is -0.561. The van der Waals surface area contributed by atoms with E-state index in [1.54, 1.807) is 11.0 Å². The number of rotatable bonds is 5. The molecule has 1 amide bonds. The zero-order valence-corrected chi connectivity index (χ0v) is 11.9. The average molecular weight is 323 g/mol. The Balaban J connectivity index is 2.82. The summed E-state index contributed by atoms with van der Waals surface area (Å²) < 4.78 is 13.2. The normalized spacial score (nSPS) is 10.4. The van der Waals surface area contributed by atoms with Crippen LogP contribution in [0.1, 0.15) is 23.7 Å². The number of carbonyl (C=O) groups is 1. The zero-order valence-electron chi connectivity index (χ0n) is 9.55. The molecule has 2 nitrogen and oxygen atoms in total. The van der Waals surface area contributed by atoms with Crippen molar-refractivity contribution < 1.29 is 9.18 Å². The number of carbonyl (C=O) groups excluding carboxylic acids is 1. The van der Waals surface area contributed by atoms with Crippen LogP contribution in [0.3, 0.4) is 0 Å². The van der Waals surface area contributed by atoms with Crippen molar-refractivity contribution >= 4 is 33.4 Å². The van der Waals surface area contributed by atoms with Crippen LogP contribution in [0.4, 0.5) is 4.39 Å². The van der Waals surface area contributed by atoms with Gasteiger partial charge in [-0.05, 0) is 31.5 Å². The molecule has 0 unspecified atom stereocenters. The third-order valence-electron chi connectivity index (χ3n) is 2.40. The van der Waals surface area contributed by atoms with Crippen molar-refractivity contribution in [3.63, 3.8) is 0 Å². The number of benzene rings is 1. The molecule has 0 radical (unpaired) electrons. The van der Waals surface area contributed by atoms with Gasteiger partial charge in [-0.3, -0.25) is 4.79 Å². The van der Waals surface area contributed by atoms with Crippen LogP contribution >= 0.6 is 27.5 Å². The summed E-state index contributed by atoms with van der Waals surface area (Å²) >= 11 is 8.89. The SMILES string of the molecule is CCN(CCCBr)C(=O)c1ccc(Cl)c(F)c1. The molecule has 0 fully saturated rings. The maximum atomic E-state index is 13.2. The Morgan fingerprint density at radius 2 is 2.24 bits per heavy atom. The van der Waals surface area contributed by atoms with Gasteiger partial charge in [-0.1, -0.05) is 27.5 Å². The van der Waals surface area contributed by atoms with Gasteiger partial charge in [-0.2, -0.15) is 0 Å². The predicted octanol–water partition coefficient (Wildman–Crippen LogP) is 3.73. The molecule has 0 heterocycles. The summed E-state index contributed by atoms with van der Waals surface area (Å²) in [6.45, 7) is 3.17. The van der Waals surface area contributed by atoms with Crippen LogP contribution in [-0.4, -0.2) is 29.2 Å². The topological polar surface area (TPSA) is 20.3 Å². The molecule has 5 heteroatoms. The van der Waals surface area contributed by atoms with E-state index in [0.29, 0.717) is 18.7 Å². The van der Waals surface area contributed by atoms with Crippen LogP contribution in [0, 0.1) is 5.82 Å². The van der Waals surface area contributed by atoms with Gasteiger partial charge in [0.05, 0.1) is 5.02 Å². The predicted molar refractivity (Wildman–Crippen MR) is 71.4 cm³/mol. The molecule has 1 aromatic rings. The van der Waals surface area contributed by atoms with Crippen LogP contribution < -0.4 is 0 Å². The standard InChI is InChI=1S/C12H14BrClFNO/c1-2-16(7-3-6-13)12(17)9-4-5-10(14)11(15)8-9/h4-5,8H,2-3,6-7H2,1H3. The molecule has 17 heavy (non-hydrogen) atoms. The molecule has 0 saturated heterocycles. The zero-order chi connectivity index (χ0) is 12.8. The van der Waals surface area contributed by atoms with Crippen LogP contribution in [0.2, 0.25) is 5.02 Å². The molecule has 0 N–H and O–H groups in total. The van der Waals surface area contributed by atoms with Gasteiger partial charge >= 0.3 is 0 Å². The second-order valence-electron chi connectivity index (χ2n) is 3.56. The Bertz CT molecular complexity index is 400. The van der Waals surface area contributed by atoms with Gasteiger partial charge in [0.1, 0.15) is 5.82 Å². The lowest BCUT2D eigenvalue weighted by Crippen LogP contribution is -2.32. The van der Waals surface area contributed by atoms with Crippen molar-refractivity contribution in [3.05, 3.63) is 34.6 Å². The van der Waals surface area contributed by atoms with E-state index in [9.17, 15) is 9.18 Å². The van der Waals surface area contributed by atoms with E-state index in [4.69, 9.17) is 11.6 Å². The fourth-order valence-electron chi connectivity index (χ4n) is 1.47. The number of hydrogen-bond acceptors (Lipinski definition) is 1. The Hall–Kier alpha value is -0.610. The summed E-state index contributed by atoms with van der Waals surface area (Å²) in [6, 6.07) is 4.13. The number of halogens is 3. The molecule has 0 aliphatic heterocycles. The summed E-state index contributed by atoms with van der Waals surface area (Å²) in [6.07, 6.45) is 0.871. The molecule has 0 aliphatic carbocycles. The van der Waals surface area contributed by atoms with E-state index in [1.807, 2.05) is 6.92 Å². The van der Waals surface area contributed by atoms with Crippen LogP contribution in [0.15, 0.2) is 18.2 Å². The van der Waals surface area contributed by atoms with Gasteiger partial charge in [-0.15, -0.1) is 0 Å². The van der Waals surface area contributed by atoms with E-state index in [-0.39, 0.29) is 10.9 Å². The summed E-state index contributed by atoms with van der Waals surface area (Å²) in [5.41, 5.74) is 0.336. The summed E-state index contributed by atoms with van der Waals surface area (Å²) in [4.78, 5) is 13.7. The third kappa shape index (κ3) is 3.96. The fourth-order valence-corrected chi connectivity index (χ4v) is 1.83. The first-order valence-corrected chi connectivity index (χ1v) is 6.90. The van der Waals surface area contributed by atoms with Gasteiger partial charge in [0, 0.05) is 24.0 Å². The summed E-state index contributed by atoms with van der Waals surface area (Å²) in [7, 11) is 0. The molecule has 1 aromatic carbocycles. The first-order chi connectivity index (χ1) is 8.10. The van der Waals surface area contributed by atoms with Crippen molar-refractivity contribution in [3.8, 4) is 0 Å². The highest BCUT2D eigenvalue weighted by Crippen LogP contribution is 2.16. The van der Waals surface area contributed by atoms with Crippen LogP contribution in [-0.2, 0) is 0 Å². The Morgan fingerprint density at radius 3 is 2.76 bits per heavy atom. The highest BCUT2D eigenvalue weighted by atomic mass is 79.9. The second kappa shape index (κ2) is 6.97.